The van der Waals surface area contributed by atoms with Gasteiger partial charge in [0, 0.05) is 43.3 Å². The summed E-state index contributed by atoms with van der Waals surface area (Å²) in [4.78, 5) is 42.2. The molecular formula is C18H21N5O2S. The van der Waals surface area contributed by atoms with Gasteiger partial charge in [-0.15, -0.1) is 11.3 Å². The van der Waals surface area contributed by atoms with E-state index in [1.165, 1.54) is 11.3 Å². The summed E-state index contributed by atoms with van der Waals surface area (Å²) in [6, 6.07) is 0.0442. The molecular weight excluding hydrogens is 350 g/mol. The van der Waals surface area contributed by atoms with E-state index >= 15 is 0 Å². The van der Waals surface area contributed by atoms with Gasteiger partial charge in [-0.25, -0.2) is 15.0 Å². The van der Waals surface area contributed by atoms with Gasteiger partial charge in [-0.1, -0.05) is 6.92 Å². The van der Waals surface area contributed by atoms with Gasteiger partial charge in [0.25, 0.3) is 5.91 Å². The minimum absolute atomic E-state index is 0.0442. The Kier molecular flexibility index (Phi) is 4.67. The third-order valence-electron chi connectivity index (χ3n) is 5.16. The van der Waals surface area contributed by atoms with Gasteiger partial charge in [0.1, 0.15) is 5.82 Å². The summed E-state index contributed by atoms with van der Waals surface area (Å²) in [5.74, 6) is 0.643. The predicted molar refractivity (Wildman–Crippen MR) is 96.5 cm³/mol. The van der Waals surface area contributed by atoms with Crippen molar-refractivity contribution in [3.05, 3.63) is 40.4 Å². The molecule has 26 heavy (non-hydrogen) atoms. The van der Waals surface area contributed by atoms with Crippen LogP contribution >= 0.6 is 11.3 Å². The zero-order valence-electron chi connectivity index (χ0n) is 14.7. The topological polar surface area (TPSA) is 79.3 Å². The molecule has 2 atom stereocenters. The number of nitrogens with zero attached hydrogens (tertiary/aromatic N) is 5. The Morgan fingerprint density at radius 2 is 2.04 bits per heavy atom. The van der Waals surface area contributed by atoms with Crippen LogP contribution in [0.2, 0.25) is 0 Å². The van der Waals surface area contributed by atoms with Crippen LogP contribution in [0, 0.1) is 5.92 Å². The number of carbonyl (C=O) groups excluding carboxylic acids is 2. The molecule has 3 aliphatic rings. The molecule has 3 fully saturated rings. The molecule has 2 aromatic rings. The highest BCUT2D eigenvalue weighted by molar-refractivity contribution is 7.07. The van der Waals surface area contributed by atoms with Gasteiger partial charge in [0.2, 0.25) is 5.91 Å². The van der Waals surface area contributed by atoms with Crippen LogP contribution < -0.4 is 0 Å². The van der Waals surface area contributed by atoms with E-state index in [4.69, 9.17) is 0 Å². The van der Waals surface area contributed by atoms with Gasteiger partial charge < -0.3 is 9.80 Å². The number of rotatable bonds is 4. The number of fused-ring (bicyclic) bond motifs is 4. The lowest BCUT2D eigenvalue weighted by Crippen LogP contribution is -2.47. The predicted octanol–water partition coefficient (Wildman–Crippen LogP) is 1.76. The highest BCUT2D eigenvalue weighted by Crippen LogP contribution is 2.31. The summed E-state index contributed by atoms with van der Waals surface area (Å²) in [7, 11) is 0. The number of hydrogen-bond acceptors (Lipinski definition) is 6. The molecule has 0 aromatic carbocycles. The van der Waals surface area contributed by atoms with Crippen molar-refractivity contribution >= 4 is 23.2 Å². The van der Waals surface area contributed by atoms with Crippen LogP contribution in [0.4, 0.5) is 0 Å². The van der Waals surface area contributed by atoms with Gasteiger partial charge in [-0.2, -0.15) is 0 Å². The Morgan fingerprint density at radius 1 is 1.23 bits per heavy atom. The summed E-state index contributed by atoms with van der Waals surface area (Å²) in [5.41, 5.74) is 3.19. The van der Waals surface area contributed by atoms with E-state index in [0.29, 0.717) is 25.2 Å². The number of thiazole rings is 1. The number of aryl methyl sites for hydroxylation is 1. The van der Waals surface area contributed by atoms with E-state index in [2.05, 4.69) is 15.0 Å². The molecule has 2 aromatic heterocycles. The number of hydrogen-bond donors (Lipinski definition) is 0. The summed E-state index contributed by atoms with van der Waals surface area (Å²) in [6.45, 7) is 3.53. The van der Waals surface area contributed by atoms with Crippen molar-refractivity contribution in [2.24, 2.45) is 5.92 Å². The first-order valence-electron chi connectivity index (χ1n) is 8.93. The number of piperidine rings is 1. The molecule has 2 bridgehead atoms. The molecule has 2 amide bonds. The first kappa shape index (κ1) is 17.1. The zero-order chi connectivity index (χ0) is 18.1. The average Bonchev–Trinajstić information content (AvgIpc) is 3.04. The second kappa shape index (κ2) is 7.11. The number of amides is 2. The fourth-order valence-electron chi connectivity index (χ4n) is 3.73. The van der Waals surface area contributed by atoms with Crippen molar-refractivity contribution in [3.8, 4) is 0 Å². The van der Waals surface area contributed by atoms with Crippen LogP contribution in [0.25, 0.3) is 0 Å². The molecule has 3 saturated heterocycles. The molecule has 136 valence electrons. The normalized spacial score (nSPS) is 22.6. The Labute approximate surface area is 156 Å². The van der Waals surface area contributed by atoms with Crippen LogP contribution in [0.3, 0.4) is 0 Å². The van der Waals surface area contributed by atoms with E-state index < -0.39 is 0 Å². The Bertz CT molecular complexity index is 792. The minimum atomic E-state index is -0.132. The van der Waals surface area contributed by atoms with E-state index in [0.717, 1.165) is 30.8 Å². The lowest BCUT2D eigenvalue weighted by Gasteiger charge is -2.35. The summed E-state index contributed by atoms with van der Waals surface area (Å²) in [5, 5.41) is 1.97. The summed E-state index contributed by atoms with van der Waals surface area (Å²) >= 11 is 1.53. The first-order chi connectivity index (χ1) is 12.7. The van der Waals surface area contributed by atoms with Gasteiger partial charge in [0.05, 0.1) is 29.2 Å². The second-order valence-corrected chi connectivity index (χ2v) is 7.54. The second-order valence-electron chi connectivity index (χ2n) is 6.83. The highest BCUT2D eigenvalue weighted by atomic mass is 32.1. The molecule has 0 unspecified atom stereocenters. The molecule has 5 rings (SSSR count). The molecule has 8 heteroatoms. The van der Waals surface area contributed by atoms with Crippen LogP contribution in [0.1, 0.15) is 41.6 Å². The van der Waals surface area contributed by atoms with Crippen molar-refractivity contribution in [2.75, 3.05) is 13.1 Å². The maximum absolute atomic E-state index is 12.9. The molecule has 5 heterocycles. The zero-order valence-corrected chi connectivity index (χ0v) is 15.5. The van der Waals surface area contributed by atoms with E-state index in [-0.39, 0.29) is 23.8 Å². The van der Waals surface area contributed by atoms with Gasteiger partial charge in [-0.3, -0.25) is 9.59 Å². The number of carbonyl (C=O) groups is 2. The SMILES string of the molecule is CCc1ncc(C(=O)N2C[C@H]3CC[C@@H](C2)N(Cc2cscn2)C3=O)cn1. The first-order valence-corrected chi connectivity index (χ1v) is 9.87. The maximum atomic E-state index is 12.9. The third kappa shape index (κ3) is 3.21. The number of aromatic nitrogens is 3. The Balaban J connectivity index is 1.53. The van der Waals surface area contributed by atoms with Crippen molar-refractivity contribution in [1.29, 1.82) is 0 Å². The monoisotopic (exact) mass is 371 g/mol. The van der Waals surface area contributed by atoms with E-state index in [1.807, 2.05) is 17.2 Å². The standard InChI is InChI=1S/C18H21N5O2S/c1-2-16-19-5-13(6-20-16)17(24)22-7-12-3-4-15(9-22)23(18(12)25)8-14-10-26-11-21-14/h5-6,10-12,15H,2-4,7-9H2,1H3/t12-,15+/m1/s1. The van der Waals surface area contributed by atoms with E-state index in [9.17, 15) is 9.59 Å². The summed E-state index contributed by atoms with van der Waals surface area (Å²) < 4.78 is 0. The quantitative estimate of drug-likeness (QED) is 0.818. The van der Waals surface area contributed by atoms with Crippen molar-refractivity contribution < 1.29 is 9.59 Å². The Hall–Kier alpha value is -2.35. The maximum Gasteiger partial charge on any atom is 0.257 e. The lowest BCUT2D eigenvalue weighted by atomic mass is 9.94. The van der Waals surface area contributed by atoms with Crippen LogP contribution in [0.5, 0.6) is 0 Å². The molecule has 0 radical (unpaired) electrons. The Morgan fingerprint density at radius 3 is 2.73 bits per heavy atom. The molecule has 3 aliphatic heterocycles. The molecule has 0 N–H and O–H groups in total. The molecule has 7 nitrogen and oxygen atoms in total. The largest absolute Gasteiger partial charge is 0.336 e. The summed E-state index contributed by atoms with van der Waals surface area (Å²) in [6.07, 6.45) is 5.69. The minimum Gasteiger partial charge on any atom is -0.336 e. The van der Waals surface area contributed by atoms with Gasteiger partial charge >= 0.3 is 0 Å². The smallest absolute Gasteiger partial charge is 0.257 e. The van der Waals surface area contributed by atoms with Crippen LogP contribution in [-0.2, 0) is 17.8 Å². The highest BCUT2D eigenvalue weighted by Gasteiger charge is 2.42. The van der Waals surface area contributed by atoms with Gasteiger partial charge in [0.15, 0.2) is 0 Å². The molecule has 0 saturated carbocycles. The van der Waals surface area contributed by atoms with E-state index in [1.54, 1.807) is 22.8 Å². The average molecular weight is 371 g/mol. The lowest BCUT2D eigenvalue weighted by molar-refractivity contribution is -0.140. The van der Waals surface area contributed by atoms with Crippen LogP contribution in [0.15, 0.2) is 23.3 Å². The van der Waals surface area contributed by atoms with Crippen molar-refractivity contribution in [1.82, 2.24) is 24.8 Å². The van der Waals surface area contributed by atoms with Crippen molar-refractivity contribution in [3.63, 3.8) is 0 Å². The van der Waals surface area contributed by atoms with Crippen LogP contribution in [-0.4, -0.2) is 55.7 Å². The molecule has 0 spiro atoms. The van der Waals surface area contributed by atoms with Crippen molar-refractivity contribution in [2.45, 2.75) is 38.8 Å². The fourth-order valence-corrected chi connectivity index (χ4v) is 4.28. The third-order valence-corrected chi connectivity index (χ3v) is 5.80. The molecule has 0 aliphatic carbocycles. The fraction of sp³-hybridized carbons (Fsp3) is 0.500. The van der Waals surface area contributed by atoms with Gasteiger partial charge in [-0.05, 0) is 12.8 Å².